The Morgan fingerprint density at radius 2 is 1.92 bits per heavy atom. The normalized spacial score (nSPS) is 11.8. The van der Waals surface area contributed by atoms with Gasteiger partial charge >= 0.3 is 14.8 Å². The van der Waals surface area contributed by atoms with E-state index in [9.17, 15) is 4.79 Å². The van der Waals surface area contributed by atoms with E-state index in [1.165, 1.54) is 0 Å². The Hall–Kier alpha value is -0.433. The molecule has 0 aromatic heterocycles. The Labute approximate surface area is 78.3 Å². The lowest BCUT2D eigenvalue weighted by atomic mass is 10.2. The number of carbonyl (C=O) groups excluding carboxylic acids is 1. The first-order valence-electron chi connectivity index (χ1n) is 4.16. The van der Waals surface area contributed by atoms with E-state index in [0.717, 1.165) is 0 Å². The molecule has 0 saturated carbocycles. The number of carbonyl (C=O) groups is 1. The molecule has 0 aromatic rings. The largest absolute Gasteiger partial charge is 0.492 e. The van der Waals surface area contributed by atoms with Crippen LogP contribution in [0.5, 0.6) is 0 Å². The third kappa shape index (κ3) is 7.91. The third-order valence-electron chi connectivity index (χ3n) is 1.37. The first-order chi connectivity index (χ1) is 5.83. The van der Waals surface area contributed by atoms with Gasteiger partial charge in [-0.25, -0.2) is 0 Å². The monoisotopic (exact) mass is 208 g/mol. The summed E-state index contributed by atoms with van der Waals surface area (Å²) in [4.78, 5) is 36.7. The van der Waals surface area contributed by atoms with Crippen molar-refractivity contribution < 1.29 is 23.9 Å². The molecule has 0 aliphatic rings. The van der Waals surface area contributed by atoms with Crippen LogP contribution in [0.1, 0.15) is 20.3 Å². The fourth-order valence-electron chi connectivity index (χ4n) is 0.649. The highest BCUT2D eigenvalue weighted by Crippen LogP contribution is 2.03. The Bertz CT molecular complexity index is 163. The lowest BCUT2D eigenvalue weighted by Crippen LogP contribution is -2.34. The molecule has 78 valence electrons. The van der Waals surface area contributed by atoms with Gasteiger partial charge in [0.05, 0.1) is 12.5 Å². The lowest BCUT2D eigenvalue weighted by molar-refractivity contribution is -0.147. The smallest absolute Gasteiger partial charge is 0.465 e. The first-order valence-corrected chi connectivity index (χ1v) is 6.21. The molecule has 0 aliphatic heterocycles. The van der Waals surface area contributed by atoms with Crippen LogP contribution in [0.4, 0.5) is 0 Å². The number of ether oxygens (including phenoxy) is 1. The highest BCUT2D eigenvalue weighted by Gasteiger charge is 2.25. The predicted molar refractivity (Wildman–Crippen MR) is 47.6 cm³/mol. The zero-order chi connectivity index (χ0) is 10.5. The lowest BCUT2D eigenvalue weighted by Gasteiger charge is -2.10. The van der Waals surface area contributed by atoms with E-state index in [-0.39, 0.29) is 31.0 Å². The van der Waals surface area contributed by atoms with Crippen LogP contribution in [0.15, 0.2) is 0 Å². The van der Waals surface area contributed by atoms with Crippen LogP contribution in [0.3, 0.4) is 0 Å². The second kappa shape index (κ2) is 5.33. The molecule has 0 radical (unpaired) electrons. The van der Waals surface area contributed by atoms with Crippen molar-refractivity contribution in [2.45, 2.75) is 26.3 Å². The predicted octanol–water partition coefficient (Wildman–Crippen LogP) is -0.508. The van der Waals surface area contributed by atoms with E-state index in [2.05, 4.69) is 0 Å². The highest BCUT2D eigenvalue weighted by atomic mass is 28.4. The second-order valence-corrected chi connectivity index (χ2v) is 5.25. The highest BCUT2D eigenvalue weighted by molar-refractivity contribution is 6.56. The first kappa shape index (κ1) is 12.6. The van der Waals surface area contributed by atoms with E-state index in [1.54, 1.807) is 13.8 Å². The van der Waals surface area contributed by atoms with Crippen LogP contribution in [0.25, 0.3) is 0 Å². The minimum Gasteiger partial charge on any atom is -0.465 e. The van der Waals surface area contributed by atoms with E-state index >= 15 is 0 Å². The van der Waals surface area contributed by atoms with Gasteiger partial charge in [-0.05, 0) is 6.42 Å². The zero-order valence-electron chi connectivity index (χ0n) is 7.86. The molecule has 0 aromatic carbocycles. The van der Waals surface area contributed by atoms with Gasteiger partial charge in [0.1, 0.15) is 0 Å². The van der Waals surface area contributed by atoms with Gasteiger partial charge in [-0.1, -0.05) is 13.8 Å². The van der Waals surface area contributed by atoms with Crippen molar-refractivity contribution in [2.75, 3.05) is 6.61 Å². The van der Waals surface area contributed by atoms with Crippen LogP contribution < -0.4 is 0 Å². The summed E-state index contributed by atoms with van der Waals surface area (Å²) in [6, 6.07) is -0.0988. The summed E-state index contributed by atoms with van der Waals surface area (Å²) in [5.41, 5.74) is 0. The van der Waals surface area contributed by atoms with Gasteiger partial charge in [0.2, 0.25) is 0 Å². The molecule has 13 heavy (non-hydrogen) atoms. The maximum Gasteiger partial charge on any atom is 0.492 e. The van der Waals surface area contributed by atoms with Crippen molar-refractivity contribution in [1.29, 1.82) is 0 Å². The van der Waals surface area contributed by atoms with Gasteiger partial charge in [-0.3, -0.25) is 4.79 Å². The van der Waals surface area contributed by atoms with Gasteiger partial charge in [0.25, 0.3) is 0 Å². The average molecular weight is 208 g/mol. The van der Waals surface area contributed by atoms with Crippen molar-refractivity contribution in [3.05, 3.63) is 0 Å². The minimum absolute atomic E-state index is 0.0988. The quantitative estimate of drug-likeness (QED) is 0.322. The Balaban J connectivity index is 3.42. The molecule has 0 saturated heterocycles. The standard InChI is InChI=1S/C7H16O5Si/c1-6(2)7(8)12-4-3-5-13(9,10)11/h6,9-11H,3-5H2,1-2H3. The molecule has 0 aliphatic carbocycles. The topological polar surface area (TPSA) is 87.0 Å². The molecule has 3 N–H and O–H groups in total. The fraction of sp³-hybridized carbons (Fsp3) is 0.857. The van der Waals surface area contributed by atoms with Crippen LogP contribution in [-0.4, -0.2) is 35.8 Å². The van der Waals surface area contributed by atoms with E-state index < -0.39 is 8.80 Å². The summed E-state index contributed by atoms with van der Waals surface area (Å²) in [7, 11) is -3.95. The summed E-state index contributed by atoms with van der Waals surface area (Å²) in [5, 5.41) is 0. The molecule has 0 rings (SSSR count). The average Bonchev–Trinajstić information content (AvgIpc) is 1.95. The summed E-state index contributed by atoms with van der Waals surface area (Å²) in [6.07, 6.45) is 0.272. The van der Waals surface area contributed by atoms with Gasteiger partial charge in [0.15, 0.2) is 0 Å². The molecule has 0 unspecified atom stereocenters. The summed E-state index contributed by atoms with van der Waals surface area (Å²) >= 11 is 0. The van der Waals surface area contributed by atoms with Crippen LogP contribution in [-0.2, 0) is 9.53 Å². The van der Waals surface area contributed by atoms with E-state index in [4.69, 9.17) is 19.1 Å². The third-order valence-corrected chi connectivity index (χ3v) is 2.40. The van der Waals surface area contributed by atoms with Crippen molar-refractivity contribution >= 4 is 14.8 Å². The maximum atomic E-state index is 10.9. The van der Waals surface area contributed by atoms with Gasteiger partial charge in [-0.2, -0.15) is 0 Å². The molecule has 0 atom stereocenters. The summed E-state index contributed by atoms with van der Waals surface area (Å²) in [5.74, 6) is -0.500. The number of hydrogen-bond acceptors (Lipinski definition) is 5. The summed E-state index contributed by atoms with van der Waals surface area (Å²) in [6.45, 7) is 3.55. The van der Waals surface area contributed by atoms with Gasteiger partial charge < -0.3 is 19.1 Å². The minimum atomic E-state index is -3.95. The zero-order valence-corrected chi connectivity index (χ0v) is 8.86. The van der Waals surface area contributed by atoms with Crippen LogP contribution >= 0.6 is 0 Å². The van der Waals surface area contributed by atoms with E-state index in [1.807, 2.05) is 0 Å². The Morgan fingerprint density at radius 3 is 2.31 bits per heavy atom. The molecular weight excluding hydrogens is 192 g/mol. The maximum absolute atomic E-state index is 10.9. The molecule has 0 fully saturated rings. The molecule has 6 heteroatoms. The van der Waals surface area contributed by atoms with Crippen molar-refractivity contribution in [3.63, 3.8) is 0 Å². The number of hydrogen-bond donors (Lipinski definition) is 3. The Morgan fingerprint density at radius 1 is 1.38 bits per heavy atom. The second-order valence-electron chi connectivity index (χ2n) is 3.20. The van der Waals surface area contributed by atoms with E-state index in [0.29, 0.717) is 0 Å². The molecule has 0 bridgehead atoms. The van der Waals surface area contributed by atoms with Crippen LogP contribution in [0.2, 0.25) is 6.04 Å². The van der Waals surface area contributed by atoms with Crippen molar-refractivity contribution in [2.24, 2.45) is 5.92 Å². The fourth-order valence-corrected chi connectivity index (χ4v) is 1.27. The van der Waals surface area contributed by atoms with Crippen molar-refractivity contribution in [1.82, 2.24) is 0 Å². The van der Waals surface area contributed by atoms with Gasteiger partial charge in [-0.15, -0.1) is 0 Å². The number of esters is 1. The Kier molecular flexibility index (Phi) is 5.15. The molecule has 0 spiro atoms. The SMILES string of the molecule is CC(C)C(=O)OCCC[Si](O)(O)O. The molecular formula is C7H16O5Si. The summed E-state index contributed by atoms with van der Waals surface area (Å²) < 4.78 is 4.75. The van der Waals surface area contributed by atoms with Crippen molar-refractivity contribution in [3.8, 4) is 0 Å². The molecule has 0 amide bonds. The van der Waals surface area contributed by atoms with Crippen LogP contribution in [0, 0.1) is 5.92 Å². The molecule has 5 nitrogen and oxygen atoms in total. The number of rotatable bonds is 5. The van der Waals surface area contributed by atoms with Gasteiger partial charge in [0, 0.05) is 6.04 Å². The molecule has 0 heterocycles.